The van der Waals surface area contributed by atoms with E-state index in [1.165, 1.54) is 22.7 Å². The molecule has 6 heterocycles. The molecule has 150 valence electrons. The van der Waals surface area contributed by atoms with Gasteiger partial charge in [0.1, 0.15) is 0 Å². The minimum Gasteiger partial charge on any atom is -0.232 e. The molecule has 6 aromatic heterocycles. The van der Waals surface area contributed by atoms with Gasteiger partial charge in [0.2, 0.25) is 21.6 Å². The van der Waals surface area contributed by atoms with E-state index >= 15 is 0 Å². The van der Waals surface area contributed by atoms with Crippen molar-refractivity contribution < 1.29 is 0 Å². The number of hydrogen-bond acceptors (Lipinski definition) is 10. The maximum absolute atomic E-state index is 4.72. The van der Waals surface area contributed by atoms with Crippen molar-refractivity contribution in [3.8, 4) is 11.6 Å². The number of aromatic nitrogens is 10. The molecule has 8 aromatic rings. The number of hydrogen-bond donors (Lipinski definition) is 0. The van der Waals surface area contributed by atoms with E-state index in [-0.39, 0.29) is 0 Å². The third-order valence-corrected chi connectivity index (χ3v) is 7.00. The van der Waals surface area contributed by atoms with Crippen LogP contribution in [-0.4, -0.2) is 49.1 Å². The Kier molecular flexibility index (Phi) is 2.97. The summed E-state index contributed by atoms with van der Waals surface area (Å²) in [6.07, 6.45) is 0. The number of thiazole rings is 2. The van der Waals surface area contributed by atoms with Gasteiger partial charge in [-0.3, -0.25) is 0 Å². The Hall–Kier alpha value is -4.16. The number of para-hydroxylation sites is 4. The molecule has 0 N–H and O–H groups in total. The van der Waals surface area contributed by atoms with Crippen molar-refractivity contribution in [2.45, 2.75) is 0 Å². The van der Waals surface area contributed by atoms with E-state index in [2.05, 4.69) is 30.1 Å². The fourth-order valence-corrected chi connectivity index (χ4v) is 5.50. The molecule has 0 bridgehead atoms. The van der Waals surface area contributed by atoms with E-state index in [0.717, 1.165) is 31.7 Å². The van der Waals surface area contributed by atoms with Gasteiger partial charge in [-0.25, -0.2) is 19.9 Å². The Morgan fingerprint density at radius 1 is 0.500 bits per heavy atom. The molecule has 32 heavy (non-hydrogen) atoms. The first-order valence-electron chi connectivity index (χ1n) is 9.65. The summed E-state index contributed by atoms with van der Waals surface area (Å²) < 4.78 is 3.41. The van der Waals surface area contributed by atoms with E-state index in [1.807, 2.05) is 48.5 Å². The lowest BCUT2D eigenvalue weighted by Gasteiger charge is -1.96. The normalized spacial score (nSPS) is 12.4. The molecule has 10 nitrogen and oxygen atoms in total. The van der Waals surface area contributed by atoms with Crippen LogP contribution < -0.4 is 0 Å². The molecule has 0 aliphatic carbocycles. The van der Waals surface area contributed by atoms with Gasteiger partial charge in [-0.15, -0.1) is 10.2 Å². The van der Waals surface area contributed by atoms with Crippen LogP contribution in [0, 0.1) is 0 Å². The molecule has 0 radical (unpaired) electrons. The second-order valence-corrected chi connectivity index (χ2v) is 9.06. The van der Waals surface area contributed by atoms with Crippen LogP contribution in [0.3, 0.4) is 0 Å². The molecule has 0 atom stereocenters. The molecule has 2 aromatic carbocycles. The first-order valence-corrected chi connectivity index (χ1v) is 11.3. The first kappa shape index (κ1) is 16.5. The molecule has 0 aliphatic heterocycles. The van der Waals surface area contributed by atoms with Crippen LogP contribution in [0.15, 0.2) is 48.5 Å². The summed E-state index contributed by atoms with van der Waals surface area (Å²) in [6.45, 7) is 0. The van der Waals surface area contributed by atoms with Crippen LogP contribution in [-0.2, 0) is 0 Å². The summed E-state index contributed by atoms with van der Waals surface area (Å²) >= 11 is 2.88. The monoisotopic (exact) mass is 452 g/mol. The highest BCUT2D eigenvalue weighted by Gasteiger charge is 2.20. The van der Waals surface area contributed by atoms with Gasteiger partial charge in [0.05, 0.1) is 22.1 Å². The predicted octanol–water partition coefficient (Wildman–Crippen LogP) is 3.75. The zero-order chi connectivity index (χ0) is 20.8. The summed E-state index contributed by atoms with van der Waals surface area (Å²) in [5, 5.41) is 9.25. The fourth-order valence-electron chi connectivity index (χ4n) is 3.73. The quantitative estimate of drug-likeness (QED) is 0.370. The average molecular weight is 452 g/mol. The standard InChI is InChI=1S/C20H8N10S2/c1-3-7-11-9(5-1)21-15-17(23-11)31-19-25-13(27-29(15)19)14-26-20-30(28-14)16-18(32-20)24-12-8-4-2-6-10(12)22-16/h1-8H. The molecule has 0 saturated carbocycles. The second-order valence-electron chi connectivity index (χ2n) is 7.15. The second kappa shape index (κ2) is 5.75. The van der Waals surface area contributed by atoms with Gasteiger partial charge in [0.25, 0.3) is 0 Å². The van der Waals surface area contributed by atoms with E-state index in [1.54, 1.807) is 9.03 Å². The highest BCUT2D eigenvalue weighted by Crippen LogP contribution is 2.28. The molecule has 0 aliphatic rings. The van der Waals surface area contributed by atoms with Gasteiger partial charge in [0.15, 0.2) is 21.0 Å². The van der Waals surface area contributed by atoms with Gasteiger partial charge in [0, 0.05) is 0 Å². The van der Waals surface area contributed by atoms with Crippen molar-refractivity contribution in [1.29, 1.82) is 0 Å². The summed E-state index contributed by atoms with van der Waals surface area (Å²) in [7, 11) is 0. The Balaban J connectivity index is 1.32. The largest absolute Gasteiger partial charge is 0.232 e. The van der Waals surface area contributed by atoms with E-state index in [4.69, 9.17) is 9.97 Å². The van der Waals surface area contributed by atoms with E-state index < -0.39 is 0 Å². The molecular formula is C20H8N10S2. The van der Waals surface area contributed by atoms with Crippen LogP contribution in [0.5, 0.6) is 0 Å². The maximum Gasteiger partial charge on any atom is 0.222 e. The van der Waals surface area contributed by atoms with Crippen molar-refractivity contribution in [2.24, 2.45) is 0 Å². The number of fused-ring (bicyclic) bond motifs is 8. The minimum atomic E-state index is 0.436. The van der Waals surface area contributed by atoms with Crippen LogP contribution in [0.25, 0.3) is 64.6 Å². The first-order chi connectivity index (χ1) is 15.8. The molecule has 0 fully saturated rings. The Labute approximate surface area is 184 Å². The summed E-state index contributed by atoms with van der Waals surface area (Å²) in [5.41, 5.74) is 4.67. The van der Waals surface area contributed by atoms with Crippen molar-refractivity contribution >= 4 is 75.6 Å². The minimum absolute atomic E-state index is 0.436. The maximum atomic E-state index is 4.72. The smallest absolute Gasteiger partial charge is 0.222 e. The van der Waals surface area contributed by atoms with Crippen molar-refractivity contribution in [3.63, 3.8) is 0 Å². The Morgan fingerprint density at radius 3 is 1.34 bits per heavy atom. The highest BCUT2D eigenvalue weighted by molar-refractivity contribution is 7.23. The lowest BCUT2D eigenvalue weighted by Crippen LogP contribution is -1.93. The fraction of sp³-hybridized carbons (Fsp3) is 0. The third-order valence-electron chi connectivity index (χ3n) is 5.17. The topological polar surface area (TPSA) is 112 Å². The van der Waals surface area contributed by atoms with E-state index in [0.29, 0.717) is 32.9 Å². The number of benzene rings is 2. The van der Waals surface area contributed by atoms with Gasteiger partial charge < -0.3 is 0 Å². The van der Waals surface area contributed by atoms with Gasteiger partial charge in [-0.05, 0) is 24.3 Å². The summed E-state index contributed by atoms with van der Waals surface area (Å²) in [5.74, 6) is 0.872. The molecule has 8 rings (SSSR count). The lowest BCUT2D eigenvalue weighted by atomic mass is 10.3. The Bertz CT molecular complexity index is 1870. The SMILES string of the molecule is c1ccc2nc3c(nc2c1)sc1nc(-c2nc4sc5nc6ccccc6nc5n4n2)nn13. The molecule has 0 saturated heterocycles. The van der Waals surface area contributed by atoms with Crippen molar-refractivity contribution in [2.75, 3.05) is 0 Å². The molecule has 0 amide bonds. The summed E-state index contributed by atoms with van der Waals surface area (Å²) in [4.78, 5) is 31.0. The van der Waals surface area contributed by atoms with Crippen LogP contribution in [0.4, 0.5) is 0 Å². The predicted molar refractivity (Wildman–Crippen MR) is 122 cm³/mol. The van der Waals surface area contributed by atoms with Gasteiger partial charge >= 0.3 is 0 Å². The zero-order valence-electron chi connectivity index (χ0n) is 15.9. The van der Waals surface area contributed by atoms with Crippen molar-refractivity contribution in [1.82, 2.24) is 49.1 Å². The van der Waals surface area contributed by atoms with Crippen LogP contribution in [0.2, 0.25) is 0 Å². The number of nitrogens with zero attached hydrogens (tertiary/aromatic N) is 10. The molecule has 0 unspecified atom stereocenters. The highest BCUT2D eigenvalue weighted by atomic mass is 32.1. The molecular weight excluding hydrogens is 444 g/mol. The van der Waals surface area contributed by atoms with Gasteiger partial charge in [-0.2, -0.15) is 19.0 Å². The lowest BCUT2D eigenvalue weighted by molar-refractivity contribution is 0.964. The third kappa shape index (κ3) is 2.16. The molecule has 0 spiro atoms. The van der Waals surface area contributed by atoms with Crippen molar-refractivity contribution in [3.05, 3.63) is 48.5 Å². The Morgan fingerprint density at radius 2 is 0.906 bits per heavy atom. The average Bonchev–Trinajstić information content (AvgIpc) is 3.55. The molecule has 12 heteroatoms. The summed E-state index contributed by atoms with van der Waals surface area (Å²) in [6, 6.07) is 15.5. The van der Waals surface area contributed by atoms with Gasteiger partial charge in [-0.1, -0.05) is 46.9 Å². The van der Waals surface area contributed by atoms with E-state index in [9.17, 15) is 0 Å². The van der Waals surface area contributed by atoms with Crippen LogP contribution >= 0.6 is 22.7 Å². The zero-order valence-corrected chi connectivity index (χ0v) is 17.5. The van der Waals surface area contributed by atoms with Crippen LogP contribution in [0.1, 0.15) is 0 Å². The number of rotatable bonds is 1.